The van der Waals surface area contributed by atoms with Gasteiger partial charge in [-0.1, -0.05) is 0 Å². The van der Waals surface area contributed by atoms with E-state index in [-0.39, 0.29) is 25.5 Å². The summed E-state index contributed by atoms with van der Waals surface area (Å²) < 4.78 is 16.8. The summed E-state index contributed by atoms with van der Waals surface area (Å²) in [7, 11) is 0. The molecule has 1 aliphatic rings. The predicted molar refractivity (Wildman–Crippen MR) is 83.2 cm³/mol. The molecule has 10 heteroatoms. The van der Waals surface area contributed by atoms with Crippen molar-refractivity contribution in [1.82, 2.24) is 14.6 Å². The van der Waals surface area contributed by atoms with Crippen molar-refractivity contribution in [2.75, 3.05) is 18.9 Å². The molecule has 0 unspecified atom stereocenters. The van der Waals surface area contributed by atoms with Crippen molar-refractivity contribution in [3.8, 4) is 6.07 Å². The summed E-state index contributed by atoms with van der Waals surface area (Å²) in [5.41, 5.74) is 5.29. The average Bonchev–Trinajstić information content (AvgIpc) is 3.16. The van der Waals surface area contributed by atoms with Gasteiger partial charge in [-0.3, -0.25) is 0 Å². The number of hydrogen-bond acceptors (Lipinski definition) is 9. The fourth-order valence-electron chi connectivity index (χ4n) is 2.82. The van der Waals surface area contributed by atoms with E-state index in [2.05, 4.69) is 20.9 Å². The maximum absolute atomic E-state index is 11.3. The van der Waals surface area contributed by atoms with Crippen LogP contribution in [0.4, 0.5) is 10.6 Å². The van der Waals surface area contributed by atoms with Crippen LogP contribution in [0.2, 0.25) is 0 Å². The molecule has 0 amide bonds. The second kappa shape index (κ2) is 6.54. The van der Waals surface area contributed by atoms with E-state index < -0.39 is 24.0 Å². The van der Waals surface area contributed by atoms with E-state index in [1.807, 2.05) is 0 Å². The molecule has 0 aliphatic carbocycles. The Balaban J connectivity index is 1.85. The molecule has 0 bridgehead atoms. The van der Waals surface area contributed by atoms with Crippen molar-refractivity contribution in [3.05, 3.63) is 24.2 Å². The van der Waals surface area contributed by atoms with Crippen molar-refractivity contribution in [2.45, 2.75) is 31.2 Å². The van der Waals surface area contributed by atoms with E-state index in [0.29, 0.717) is 11.2 Å². The van der Waals surface area contributed by atoms with Crippen LogP contribution in [-0.4, -0.2) is 51.3 Å². The lowest BCUT2D eigenvalue weighted by Gasteiger charge is -2.21. The summed E-state index contributed by atoms with van der Waals surface area (Å²) in [5, 5.41) is 24.1. The summed E-state index contributed by atoms with van der Waals surface area (Å²) >= 11 is 0. The van der Waals surface area contributed by atoms with Gasteiger partial charge in [-0.2, -0.15) is 10.4 Å². The Kier molecular flexibility index (Phi) is 4.43. The highest BCUT2D eigenvalue weighted by atomic mass is 16.7. The standard InChI is InChI=1S/C15H17N5O5/c1-2-23-14(22)24-6-11-10(21)5-15(7-16,25-11)12-4-3-9-13(17)18-8-19-20(9)12/h3-4,8,10-11,21H,2,5-6H2,1H3,(H2,17,18,19)/t10-,11+,15-/m0/s1. The van der Waals surface area contributed by atoms with Crippen molar-refractivity contribution in [3.63, 3.8) is 0 Å². The molecule has 3 atom stereocenters. The van der Waals surface area contributed by atoms with Crippen LogP contribution in [0.25, 0.3) is 5.52 Å². The molecule has 3 heterocycles. The van der Waals surface area contributed by atoms with Gasteiger partial charge in [-0.15, -0.1) is 0 Å². The van der Waals surface area contributed by atoms with Gasteiger partial charge in [0, 0.05) is 6.42 Å². The van der Waals surface area contributed by atoms with Crippen LogP contribution in [0, 0.1) is 11.3 Å². The fourth-order valence-corrected chi connectivity index (χ4v) is 2.82. The zero-order chi connectivity index (χ0) is 18.0. The maximum atomic E-state index is 11.3. The van der Waals surface area contributed by atoms with E-state index >= 15 is 0 Å². The number of ether oxygens (including phenoxy) is 3. The van der Waals surface area contributed by atoms with Crippen LogP contribution in [0.1, 0.15) is 19.0 Å². The molecule has 10 nitrogen and oxygen atoms in total. The molecule has 1 saturated heterocycles. The third-order valence-corrected chi connectivity index (χ3v) is 3.98. The number of anilines is 1. The molecule has 0 radical (unpaired) electrons. The van der Waals surface area contributed by atoms with Crippen molar-refractivity contribution in [2.24, 2.45) is 0 Å². The summed E-state index contributed by atoms with van der Waals surface area (Å²) in [6.07, 6.45) is -1.46. The quantitative estimate of drug-likeness (QED) is 0.748. The molecular weight excluding hydrogens is 330 g/mol. The highest BCUT2D eigenvalue weighted by Crippen LogP contribution is 2.40. The van der Waals surface area contributed by atoms with Gasteiger partial charge in [0.1, 0.15) is 30.6 Å². The topological polar surface area (TPSA) is 145 Å². The molecule has 1 aliphatic heterocycles. The largest absolute Gasteiger partial charge is 0.508 e. The van der Waals surface area contributed by atoms with Crippen LogP contribution in [-0.2, 0) is 19.8 Å². The number of nitrogen functional groups attached to an aromatic ring is 1. The number of carbonyl (C=O) groups is 1. The number of hydrogen-bond donors (Lipinski definition) is 2. The van der Waals surface area contributed by atoms with Crippen LogP contribution in [0.3, 0.4) is 0 Å². The Bertz CT molecular complexity index is 831. The summed E-state index contributed by atoms with van der Waals surface area (Å²) in [4.78, 5) is 15.2. The lowest BCUT2D eigenvalue weighted by molar-refractivity contribution is -0.0634. The number of aliphatic hydroxyl groups excluding tert-OH is 1. The number of fused-ring (bicyclic) bond motifs is 1. The minimum atomic E-state index is -1.45. The first-order valence-corrected chi connectivity index (χ1v) is 7.66. The second-order valence-electron chi connectivity index (χ2n) is 5.52. The van der Waals surface area contributed by atoms with Crippen LogP contribution in [0.15, 0.2) is 18.5 Å². The van der Waals surface area contributed by atoms with Gasteiger partial charge >= 0.3 is 6.16 Å². The van der Waals surface area contributed by atoms with E-state index in [1.54, 1.807) is 19.1 Å². The maximum Gasteiger partial charge on any atom is 0.508 e. The van der Waals surface area contributed by atoms with Gasteiger partial charge in [-0.05, 0) is 19.1 Å². The number of carbonyl (C=O) groups excluding carboxylic acids is 1. The Labute approximate surface area is 142 Å². The number of nitriles is 1. The predicted octanol–water partition coefficient (Wildman–Crippen LogP) is 0.353. The van der Waals surface area contributed by atoms with Gasteiger partial charge < -0.3 is 25.1 Å². The number of nitrogens with two attached hydrogens (primary N) is 1. The lowest BCUT2D eigenvalue weighted by Crippen LogP contribution is -2.30. The summed E-state index contributed by atoms with van der Waals surface area (Å²) in [5.74, 6) is 0.259. The molecule has 132 valence electrons. The number of aliphatic hydroxyl groups is 1. The van der Waals surface area contributed by atoms with E-state index in [1.165, 1.54) is 10.8 Å². The Morgan fingerprint density at radius 3 is 3.12 bits per heavy atom. The van der Waals surface area contributed by atoms with E-state index in [9.17, 15) is 15.2 Å². The van der Waals surface area contributed by atoms with Crippen LogP contribution >= 0.6 is 0 Å². The number of rotatable bonds is 4. The molecular formula is C15H17N5O5. The third-order valence-electron chi connectivity index (χ3n) is 3.98. The zero-order valence-corrected chi connectivity index (χ0v) is 13.5. The Morgan fingerprint density at radius 2 is 2.40 bits per heavy atom. The minimum Gasteiger partial charge on any atom is -0.435 e. The molecule has 3 N–H and O–H groups in total. The Hall–Kier alpha value is -2.90. The van der Waals surface area contributed by atoms with Gasteiger partial charge in [-0.25, -0.2) is 14.3 Å². The molecule has 3 rings (SSSR count). The van der Waals surface area contributed by atoms with Crippen molar-refractivity contribution >= 4 is 17.5 Å². The molecule has 1 fully saturated rings. The van der Waals surface area contributed by atoms with Crippen LogP contribution < -0.4 is 5.73 Å². The molecule has 2 aromatic heterocycles. The monoisotopic (exact) mass is 347 g/mol. The first kappa shape index (κ1) is 16.9. The van der Waals surface area contributed by atoms with Gasteiger partial charge in [0.25, 0.3) is 0 Å². The van der Waals surface area contributed by atoms with Gasteiger partial charge in [0.2, 0.25) is 0 Å². The van der Waals surface area contributed by atoms with E-state index in [4.69, 9.17) is 15.2 Å². The second-order valence-corrected chi connectivity index (χ2v) is 5.52. The Morgan fingerprint density at radius 1 is 1.60 bits per heavy atom. The molecule has 2 aromatic rings. The van der Waals surface area contributed by atoms with Gasteiger partial charge in [0.15, 0.2) is 11.4 Å². The fraction of sp³-hybridized carbons (Fsp3) is 0.467. The molecule has 0 aromatic carbocycles. The summed E-state index contributed by atoms with van der Waals surface area (Å²) in [6, 6.07) is 5.40. The first-order valence-electron chi connectivity index (χ1n) is 7.66. The van der Waals surface area contributed by atoms with Crippen molar-refractivity contribution in [1.29, 1.82) is 5.26 Å². The smallest absolute Gasteiger partial charge is 0.435 e. The molecule has 0 spiro atoms. The third kappa shape index (κ3) is 2.95. The average molecular weight is 347 g/mol. The highest BCUT2D eigenvalue weighted by Gasteiger charge is 2.50. The van der Waals surface area contributed by atoms with E-state index in [0.717, 1.165) is 0 Å². The van der Waals surface area contributed by atoms with Crippen LogP contribution in [0.5, 0.6) is 0 Å². The SMILES string of the molecule is CCOC(=O)OC[C@H]1O[C@@](C#N)(c2ccc3c(N)ncnn23)C[C@@H]1O. The number of aromatic nitrogens is 3. The molecule has 25 heavy (non-hydrogen) atoms. The molecule has 0 saturated carbocycles. The first-order chi connectivity index (χ1) is 12.0. The van der Waals surface area contributed by atoms with Gasteiger partial charge in [0.05, 0.1) is 18.4 Å². The zero-order valence-electron chi connectivity index (χ0n) is 13.5. The highest BCUT2D eigenvalue weighted by molar-refractivity contribution is 5.66. The normalized spacial score (nSPS) is 25.6. The lowest BCUT2D eigenvalue weighted by atomic mass is 9.96. The summed E-state index contributed by atoms with van der Waals surface area (Å²) in [6.45, 7) is 1.59. The minimum absolute atomic E-state index is 0.00360. The van der Waals surface area contributed by atoms with Crippen molar-refractivity contribution < 1.29 is 24.1 Å². The number of nitrogens with zero attached hydrogens (tertiary/aromatic N) is 4.